The van der Waals surface area contributed by atoms with Crippen LogP contribution in [0.2, 0.25) is 0 Å². The minimum atomic E-state index is -0.225. The number of halogens is 1. The molecule has 0 aliphatic rings. The van der Waals surface area contributed by atoms with Crippen LogP contribution >= 0.6 is 27.3 Å². The maximum absolute atomic E-state index is 12.4. The molecule has 2 heterocycles. The van der Waals surface area contributed by atoms with Gasteiger partial charge in [0, 0.05) is 21.0 Å². The lowest BCUT2D eigenvalue weighted by atomic mass is 10.2. The summed E-state index contributed by atoms with van der Waals surface area (Å²) in [6, 6.07) is 13.0. The minimum Gasteiger partial charge on any atom is -0.443 e. The largest absolute Gasteiger partial charge is 0.443 e. The molecule has 0 radical (unpaired) electrons. The summed E-state index contributed by atoms with van der Waals surface area (Å²) in [5.74, 6) is -0.225. The summed E-state index contributed by atoms with van der Waals surface area (Å²) in [6.45, 7) is 0. The molecule has 24 heavy (non-hydrogen) atoms. The number of amides is 1. The monoisotopic (exact) mass is 399 g/mol. The number of fused-ring (bicyclic) bond motifs is 1. The second-order valence-electron chi connectivity index (χ2n) is 5.03. The normalized spacial score (nSPS) is 10.9. The van der Waals surface area contributed by atoms with E-state index in [1.54, 1.807) is 18.2 Å². The number of carbonyl (C=O) groups excluding carboxylic acids is 1. The fraction of sp³-hybridized carbons (Fsp3) is 0. The van der Waals surface area contributed by atoms with Crippen LogP contribution in [0, 0.1) is 0 Å². The smallest absolute Gasteiger partial charge is 0.257 e. The first-order valence-corrected chi connectivity index (χ1v) is 8.72. The number of thiazole rings is 1. The number of carbonyl (C=O) groups is 1. The van der Waals surface area contributed by atoms with E-state index in [4.69, 9.17) is 4.42 Å². The third-order valence-electron chi connectivity index (χ3n) is 3.46. The molecular formula is C17H10BrN3O2S. The van der Waals surface area contributed by atoms with E-state index in [9.17, 15) is 4.79 Å². The highest BCUT2D eigenvalue weighted by molar-refractivity contribution is 9.10. The van der Waals surface area contributed by atoms with E-state index in [2.05, 4.69) is 31.2 Å². The third kappa shape index (κ3) is 2.95. The fourth-order valence-corrected chi connectivity index (χ4v) is 3.23. The topological polar surface area (TPSA) is 68.0 Å². The van der Waals surface area contributed by atoms with Gasteiger partial charge in [0.05, 0.1) is 5.69 Å². The number of nitrogens with zero attached hydrogens (tertiary/aromatic N) is 2. The van der Waals surface area contributed by atoms with Gasteiger partial charge in [0.25, 0.3) is 5.91 Å². The summed E-state index contributed by atoms with van der Waals surface area (Å²) in [7, 11) is 0. The Morgan fingerprint density at radius 1 is 1.17 bits per heavy atom. The second kappa shape index (κ2) is 6.18. The van der Waals surface area contributed by atoms with Crippen LogP contribution in [0.15, 0.2) is 63.1 Å². The van der Waals surface area contributed by atoms with Crippen LogP contribution in [0.3, 0.4) is 0 Å². The van der Waals surface area contributed by atoms with Crippen LogP contribution in [-0.4, -0.2) is 15.9 Å². The first-order valence-electron chi connectivity index (χ1n) is 7.05. The summed E-state index contributed by atoms with van der Waals surface area (Å²) in [6.07, 6.45) is 1.36. The van der Waals surface area contributed by atoms with Crippen molar-refractivity contribution in [2.24, 2.45) is 0 Å². The summed E-state index contributed by atoms with van der Waals surface area (Å²) in [5, 5.41) is 5.29. The summed E-state index contributed by atoms with van der Waals surface area (Å²) in [4.78, 5) is 20.9. The van der Waals surface area contributed by atoms with Gasteiger partial charge in [-0.15, -0.1) is 11.3 Å². The van der Waals surface area contributed by atoms with Crippen molar-refractivity contribution < 1.29 is 9.21 Å². The third-order valence-corrected chi connectivity index (χ3v) is 4.74. The Hall–Kier alpha value is -2.51. The van der Waals surface area contributed by atoms with Gasteiger partial charge in [0.15, 0.2) is 17.1 Å². The Labute approximate surface area is 149 Å². The van der Waals surface area contributed by atoms with Gasteiger partial charge < -0.3 is 4.42 Å². The molecule has 0 saturated heterocycles. The summed E-state index contributed by atoms with van der Waals surface area (Å²) >= 11 is 4.80. The maximum Gasteiger partial charge on any atom is 0.257 e. The van der Waals surface area contributed by atoms with Crippen molar-refractivity contribution in [3.05, 3.63) is 64.3 Å². The SMILES string of the molecule is O=C(Nc1nc(-c2ccc(Br)cc2)cs1)c1ccc2ocnc2c1. The predicted molar refractivity (Wildman–Crippen MR) is 97.2 cm³/mol. The predicted octanol–water partition coefficient (Wildman–Crippen LogP) is 4.97. The quantitative estimate of drug-likeness (QED) is 0.528. The summed E-state index contributed by atoms with van der Waals surface area (Å²) < 4.78 is 6.19. The molecular weight excluding hydrogens is 390 g/mol. The first kappa shape index (κ1) is 15.0. The minimum absolute atomic E-state index is 0.225. The van der Waals surface area contributed by atoms with Gasteiger partial charge in [-0.3, -0.25) is 10.1 Å². The molecule has 5 nitrogen and oxygen atoms in total. The van der Waals surface area contributed by atoms with E-state index in [1.807, 2.05) is 29.6 Å². The van der Waals surface area contributed by atoms with Crippen molar-refractivity contribution in [2.45, 2.75) is 0 Å². The molecule has 0 fully saturated rings. The fourth-order valence-electron chi connectivity index (χ4n) is 2.25. The van der Waals surface area contributed by atoms with Crippen LogP contribution in [0.4, 0.5) is 5.13 Å². The molecule has 0 aliphatic heterocycles. The first-order chi connectivity index (χ1) is 11.7. The van der Waals surface area contributed by atoms with Crippen molar-refractivity contribution in [1.29, 1.82) is 0 Å². The lowest BCUT2D eigenvalue weighted by Crippen LogP contribution is -2.11. The molecule has 2 aromatic carbocycles. The lowest BCUT2D eigenvalue weighted by Gasteiger charge is -2.01. The van der Waals surface area contributed by atoms with E-state index < -0.39 is 0 Å². The lowest BCUT2D eigenvalue weighted by molar-refractivity contribution is 0.102. The second-order valence-corrected chi connectivity index (χ2v) is 6.81. The van der Waals surface area contributed by atoms with Crippen molar-refractivity contribution in [1.82, 2.24) is 9.97 Å². The molecule has 0 unspecified atom stereocenters. The zero-order chi connectivity index (χ0) is 16.5. The van der Waals surface area contributed by atoms with E-state index >= 15 is 0 Å². The number of anilines is 1. The van der Waals surface area contributed by atoms with Crippen molar-refractivity contribution in [2.75, 3.05) is 5.32 Å². The highest BCUT2D eigenvalue weighted by atomic mass is 79.9. The van der Waals surface area contributed by atoms with E-state index in [-0.39, 0.29) is 5.91 Å². The highest BCUT2D eigenvalue weighted by Crippen LogP contribution is 2.26. The number of oxazole rings is 1. The molecule has 0 atom stereocenters. The van der Waals surface area contributed by atoms with Crippen LogP contribution in [0.25, 0.3) is 22.4 Å². The van der Waals surface area contributed by atoms with Crippen LogP contribution in [0.1, 0.15) is 10.4 Å². The molecule has 0 bridgehead atoms. The molecule has 2 aromatic heterocycles. The Kier molecular flexibility index (Phi) is 3.87. The number of benzene rings is 2. The molecule has 4 aromatic rings. The molecule has 1 N–H and O–H groups in total. The Morgan fingerprint density at radius 3 is 2.83 bits per heavy atom. The number of rotatable bonds is 3. The zero-order valence-corrected chi connectivity index (χ0v) is 14.6. The van der Waals surface area contributed by atoms with E-state index in [0.717, 1.165) is 15.7 Å². The van der Waals surface area contributed by atoms with Crippen LogP contribution < -0.4 is 5.32 Å². The Morgan fingerprint density at radius 2 is 2.00 bits per heavy atom. The molecule has 0 aliphatic carbocycles. The van der Waals surface area contributed by atoms with Gasteiger partial charge in [0.2, 0.25) is 0 Å². The van der Waals surface area contributed by atoms with Gasteiger partial charge >= 0.3 is 0 Å². The van der Waals surface area contributed by atoms with Crippen molar-refractivity contribution in [3.8, 4) is 11.3 Å². The molecule has 1 amide bonds. The van der Waals surface area contributed by atoms with Gasteiger partial charge in [-0.2, -0.15) is 0 Å². The van der Waals surface area contributed by atoms with Gasteiger partial charge in [0.1, 0.15) is 5.52 Å². The van der Waals surface area contributed by atoms with Gasteiger partial charge in [-0.1, -0.05) is 28.1 Å². The number of nitrogens with one attached hydrogen (secondary N) is 1. The van der Waals surface area contributed by atoms with E-state index in [0.29, 0.717) is 21.8 Å². The van der Waals surface area contributed by atoms with Gasteiger partial charge in [-0.25, -0.2) is 9.97 Å². The molecule has 0 saturated carbocycles. The van der Waals surface area contributed by atoms with Gasteiger partial charge in [-0.05, 0) is 30.3 Å². The Balaban J connectivity index is 1.54. The number of hydrogen-bond donors (Lipinski definition) is 1. The molecule has 4 rings (SSSR count). The maximum atomic E-state index is 12.4. The molecule has 7 heteroatoms. The molecule has 0 spiro atoms. The van der Waals surface area contributed by atoms with E-state index in [1.165, 1.54) is 17.7 Å². The summed E-state index contributed by atoms with van der Waals surface area (Å²) in [5.41, 5.74) is 3.64. The Bertz CT molecular complexity index is 1020. The standard InChI is InChI=1S/C17H10BrN3O2S/c18-12-4-1-10(2-5-12)14-8-24-17(20-14)21-16(22)11-3-6-15-13(7-11)19-9-23-15/h1-9H,(H,20,21,22). The number of aromatic nitrogens is 2. The highest BCUT2D eigenvalue weighted by Gasteiger charge is 2.11. The average molecular weight is 400 g/mol. The van der Waals surface area contributed by atoms with Crippen molar-refractivity contribution in [3.63, 3.8) is 0 Å². The molecule has 118 valence electrons. The average Bonchev–Trinajstić information content (AvgIpc) is 3.24. The van der Waals surface area contributed by atoms with Crippen LogP contribution in [0.5, 0.6) is 0 Å². The van der Waals surface area contributed by atoms with Crippen LogP contribution in [-0.2, 0) is 0 Å². The zero-order valence-electron chi connectivity index (χ0n) is 12.2. The number of hydrogen-bond acceptors (Lipinski definition) is 5. The van der Waals surface area contributed by atoms with Crippen molar-refractivity contribution >= 4 is 49.4 Å².